The SMILES string of the molecule is COCc1nc(C(=O)N2CCN(c3cccc(F)c3)CC2C)cs1. The van der Waals surface area contributed by atoms with Crippen molar-refractivity contribution < 1.29 is 13.9 Å². The smallest absolute Gasteiger partial charge is 0.273 e. The number of carbonyl (C=O) groups is 1. The van der Waals surface area contributed by atoms with Crippen LogP contribution < -0.4 is 4.90 Å². The van der Waals surface area contributed by atoms with Gasteiger partial charge in [-0.1, -0.05) is 6.07 Å². The van der Waals surface area contributed by atoms with Crippen molar-refractivity contribution in [2.75, 3.05) is 31.6 Å². The molecule has 1 unspecified atom stereocenters. The van der Waals surface area contributed by atoms with Crippen LogP contribution in [0.3, 0.4) is 0 Å². The van der Waals surface area contributed by atoms with Crippen molar-refractivity contribution in [1.82, 2.24) is 9.88 Å². The third-order valence-corrected chi connectivity index (χ3v) is 4.92. The van der Waals surface area contributed by atoms with E-state index in [2.05, 4.69) is 9.88 Å². The first-order chi connectivity index (χ1) is 11.6. The molecule has 1 aliphatic heterocycles. The van der Waals surface area contributed by atoms with E-state index in [-0.39, 0.29) is 17.8 Å². The van der Waals surface area contributed by atoms with Gasteiger partial charge in [0.05, 0.1) is 6.61 Å². The van der Waals surface area contributed by atoms with Crippen molar-refractivity contribution in [2.45, 2.75) is 19.6 Å². The molecule has 0 N–H and O–H groups in total. The molecule has 2 aromatic rings. The number of aromatic nitrogens is 1. The van der Waals surface area contributed by atoms with Crippen molar-refractivity contribution in [2.24, 2.45) is 0 Å². The predicted octanol–water partition coefficient (Wildman–Crippen LogP) is 2.78. The van der Waals surface area contributed by atoms with E-state index in [1.165, 1.54) is 23.5 Å². The van der Waals surface area contributed by atoms with Crippen LogP contribution in [0.15, 0.2) is 29.6 Å². The molecule has 0 bridgehead atoms. The number of methoxy groups -OCH3 is 1. The minimum absolute atomic E-state index is 0.0297. The number of piperazine rings is 1. The first-order valence-electron chi connectivity index (χ1n) is 7.83. The Morgan fingerprint density at radius 1 is 1.46 bits per heavy atom. The van der Waals surface area contributed by atoms with Crippen molar-refractivity contribution in [3.63, 3.8) is 0 Å². The highest BCUT2D eigenvalue weighted by atomic mass is 32.1. The molecule has 1 atom stereocenters. The second-order valence-corrected chi connectivity index (χ2v) is 6.78. The molecule has 3 rings (SSSR count). The summed E-state index contributed by atoms with van der Waals surface area (Å²) in [6.45, 7) is 4.36. The van der Waals surface area contributed by atoms with Crippen LogP contribution >= 0.6 is 11.3 Å². The van der Waals surface area contributed by atoms with E-state index in [0.29, 0.717) is 31.9 Å². The van der Waals surface area contributed by atoms with Gasteiger partial charge in [-0.2, -0.15) is 0 Å². The number of anilines is 1. The van der Waals surface area contributed by atoms with Gasteiger partial charge in [0, 0.05) is 43.9 Å². The summed E-state index contributed by atoms with van der Waals surface area (Å²) in [6.07, 6.45) is 0. The molecule has 0 saturated carbocycles. The monoisotopic (exact) mass is 349 g/mol. The molecule has 1 aromatic heterocycles. The van der Waals surface area contributed by atoms with Crippen LogP contribution in [-0.4, -0.2) is 48.6 Å². The zero-order valence-corrected chi connectivity index (χ0v) is 14.6. The molecule has 0 radical (unpaired) electrons. The van der Waals surface area contributed by atoms with Crippen LogP contribution in [0.2, 0.25) is 0 Å². The maximum Gasteiger partial charge on any atom is 0.273 e. The van der Waals surface area contributed by atoms with Crippen LogP contribution in [0.1, 0.15) is 22.4 Å². The third-order valence-electron chi connectivity index (χ3n) is 4.10. The zero-order chi connectivity index (χ0) is 17.1. The minimum Gasteiger partial charge on any atom is -0.378 e. The highest BCUT2D eigenvalue weighted by Gasteiger charge is 2.29. The predicted molar refractivity (Wildman–Crippen MR) is 91.9 cm³/mol. The summed E-state index contributed by atoms with van der Waals surface area (Å²) in [5.74, 6) is -0.299. The van der Waals surface area contributed by atoms with E-state index >= 15 is 0 Å². The number of amides is 1. The molecular formula is C17H20FN3O2S. The van der Waals surface area contributed by atoms with Crippen LogP contribution in [0, 0.1) is 5.82 Å². The molecule has 1 aromatic carbocycles. The number of hydrogen-bond acceptors (Lipinski definition) is 5. The Kier molecular flexibility index (Phi) is 5.11. The topological polar surface area (TPSA) is 45.7 Å². The maximum atomic E-state index is 13.4. The second-order valence-electron chi connectivity index (χ2n) is 5.83. The average molecular weight is 349 g/mol. The highest BCUT2D eigenvalue weighted by molar-refractivity contribution is 7.09. The number of thiazole rings is 1. The molecule has 0 spiro atoms. The van der Waals surface area contributed by atoms with E-state index in [1.807, 2.05) is 17.9 Å². The Morgan fingerprint density at radius 3 is 3.00 bits per heavy atom. The van der Waals surface area contributed by atoms with Gasteiger partial charge in [0.1, 0.15) is 16.5 Å². The number of ether oxygens (including phenoxy) is 1. The average Bonchev–Trinajstić information content (AvgIpc) is 3.03. The van der Waals surface area contributed by atoms with Crippen LogP contribution in [0.4, 0.5) is 10.1 Å². The first kappa shape index (κ1) is 16.9. The van der Waals surface area contributed by atoms with Crippen molar-refractivity contribution >= 4 is 22.9 Å². The number of nitrogens with zero attached hydrogens (tertiary/aromatic N) is 3. The molecule has 1 aliphatic rings. The molecule has 1 fully saturated rings. The summed E-state index contributed by atoms with van der Waals surface area (Å²) in [6, 6.07) is 6.60. The summed E-state index contributed by atoms with van der Waals surface area (Å²) < 4.78 is 18.4. The van der Waals surface area contributed by atoms with Crippen LogP contribution in [-0.2, 0) is 11.3 Å². The lowest BCUT2D eigenvalue weighted by Crippen LogP contribution is -2.54. The van der Waals surface area contributed by atoms with Gasteiger partial charge in [0.2, 0.25) is 0 Å². The maximum absolute atomic E-state index is 13.4. The summed E-state index contributed by atoms with van der Waals surface area (Å²) >= 11 is 1.43. The number of halogens is 1. The Balaban J connectivity index is 1.67. The van der Waals surface area contributed by atoms with E-state index in [0.717, 1.165) is 10.7 Å². The fourth-order valence-electron chi connectivity index (χ4n) is 2.91. The van der Waals surface area contributed by atoms with Gasteiger partial charge in [-0.3, -0.25) is 4.79 Å². The van der Waals surface area contributed by atoms with Gasteiger partial charge in [-0.25, -0.2) is 9.37 Å². The van der Waals surface area contributed by atoms with Crippen molar-refractivity contribution in [1.29, 1.82) is 0 Å². The fourth-order valence-corrected chi connectivity index (χ4v) is 3.65. The van der Waals surface area contributed by atoms with E-state index in [4.69, 9.17) is 4.74 Å². The highest BCUT2D eigenvalue weighted by Crippen LogP contribution is 2.22. The van der Waals surface area contributed by atoms with Crippen LogP contribution in [0.25, 0.3) is 0 Å². The number of carbonyl (C=O) groups excluding carboxylic acids is 1. The molecule has 2 heterocycles. The molecular weight excluding hydrogens is 329 g/mol. The van der Waals surface area contributed by atoms with Gasteiger partial charge in [0.15, 0.2) is 0 Å². The molecule has 7 heteroatoms. The van der Waals surface area contributed by atoms with Gasteiger partial charge in [0.25, 0.3) is 5.91 Å². The zero-order valence-electron chi connectivity index (χ0n) is 13.7. The lowest BCUT2D eigenvalue weighted by atomic mass is 10.1. The van der Waals surface area contributed by atoms with Gasteiger partial charge in [-0.05, 0) is 25.1 Å². The molecule has 1 saturated heterocycles. The van der Waals surface area contributed by atoms with E-state index < -0.39 is 0 Å². The number of hydrogen-bond donors (Lipinski definition) is 0. The largest absolute Gasteiger partial charge is 0.378 e. The Labute approximate surface area is 144 Å². The summed E-state index contributed by atoms with van der Waals surface area (Å²) in [5.41, 5.74) is 1.32. The Morgan fingerprint density at radius 2 is 2.29 bits per heavy atom. The molecule has 24 heavy (non-hydrogen) atoms. The third kappa shape index (κ3) is 3.57. The Hall–Kier alpha value is -1.99. The fraction of sp³-hybridized carbons (Fsp3) is 0.412. The lowest BCUT2D eigenvalue weighted by Gasteiger charge is -2.40. The number of rotatable bonds is 4. The Bertz CT molecular complexity index is 721. The summed E-state index contributed by atoms with van der Waals surface area (Å²) in [7, 11) is 1.61. The lowest BCUT2D eigenvalue weighted by molar-refractivity contribution is 0.0668. The normalized spacial score (nSPS) is 18.0. The van der Waals surface area contributed by atoms with Crippen LogP contribution in [0.5, 0.6) is 0 Å². The number of benzene rings is 1. The van der Waals surface area contributed by atoms with Gasteiger partial charge in [-0.15, -0.1) is 11.3 Å². The first-order valence-corrected chi connectivity index (χ1v) is 8.71. The quantitative estimate of drug-likeness (QED) is 0.851. The van der Waals surface area contributed by atoms with Crippen molar-refractivity contribution in [3.05, 3.63) is 46.2 Å². The van der Waals surface area contributed by atoms with Crippen molar-refractivity contribution in [3.8, 4) is 0 Å². The molecule has 1 amide bonds. The second kappa shape index (κ2) is 7.27. The summed E-state index contributed by atoms with van der Waals surface area (Å²) in [4.78, 5) is 21.0. The molecule has 0 aliphatic carbocycles. The minimum atomic E-state index is -0.244. The van der Waals surface area contributed by atoms with Gasteiger partial charge < -0.3 is 14.5 Å². The van der Waals surface area contributed by atoms with Gasteiger partial charge >= 0.3 is 0 Å². The van der Waals surface area contributed by atoms with E-state index in [1.54, 1.807) is 18.6 Å². The molecule has 5 nitrogen and oxygen atoms in total. The standard InChI is InChI=1S/C17H20FN3O2S/c1-12-9-20(14-5-3-4-13(18)8-14)6-7-21(12)17(22)15-11-24-16(19-15)10-23-2/h3-5,8,11-12H,6-7,9-10H2,1-2H3. The summed E-state index contributed by atoms with van der Waals surface area (Å²) in [5, 5.41) is 2.58. The molecule has 128 valence electrons. The van der Waals surface area contributed by atoms with E-state index in [9.17, 15) is 9.18 Å².